The maximum Gasteiger partial charge on any atom is 0.387 e. The molecule has 0 saturated carbocycles. The maximum absolute atomic E-state index is 12.7. The third kappa shape index (κ3) is 6.32. The highest BCUT2D eigenvalue weighted by Gasteiger charge is 2.26. The average Bonchev–Trinajstić information content (AvgIpc) is 3.25. The zero-order chi connectivity index (χ0) is 22.9. The molecule has 1 atom stereocenters. The summed E-state index contributed by atoms with van der Waals surface area (Å²) in [6.07, 6.45) is 0.842. The highest BCUT2D eigenvalue weighted by molar-refractivity contribution is 5.93. The van der Waals surface area contributed by atoms with Crippen molar-refractivity contribution in [2.24, 2.45) is 4.99 Å². The topological polar surface area (TPSA) is 78.0 Å². The number of carbonyl (C=O) groups is 1. The highest BCUT2D eigenvalue weighted by atomic mass is 19.3. The lowest BCUT2D eigenvalue weighted by molar-refractivity contribution is -0.0495. The predicted octanol–water partition coefficient (Wildman–Crippen LogP) is 2.98. The van der Waals surface area contributed by atoms with Crippen LogP contribution in [0.25, 0.3) is 0 Å². The van der Waals surface area contributed by atoms with E-state index in [9.17, 15) is 13.6 Å². The van der Waals surface area contributed by atoms with Gasteiger partial charge in [0.1, 0.15) is 5.75 Å². The Kier molecular flexibility index (Phi) is 8.24. The molecular weight excluding hydrogens is 416 g/mol. The molecule has 1 saturated heterocycles. The molecule has 172 valence electrons. The van der Waals surface area contributed by atoms with Crippen molar-refractivity contribution >= 4 is 17.6 Å². The number of nitrogens with zero attached hydrogens (tertiary/aromatic N) is 2. The summed E-state index contributed by atoms with van der Waals surface area (Å²) in [5.74, 6) is 0.747. The summed E-state index contributed by atoms with van der Waals surface area (Å²) in [4.78, 5) is 18.4. The van der Waals surface area contributed by atoms with Gasteiger partial charge in [0.15, 0.2) is 5.96 Å². The van der Waals surface area contributed by atoms with Crippen LogP contribution in [0.1, 0.15) is 29.3 Å². The van der Waals surface area contributed by atoms with Gasteiger partial charge in [0, 0.05) is 38.3 Å². The number of rotatable bonds is 8. The summed E-state index contributed by atoms with van der Waals surface area (Å²) in [5.41, 5.74) is 2.25. The molecule has 2 aromatic rings. The van der Waals surface area contributed by atoms with Crippen LogP contribution in [0.2, 0.25) is 0 Å². The second kappa shape index (κ2) is 11.3. The normalized spacial score (nSPS) is 16.2. The number of hydrogen-bond acceptors (Lipinski definition) is 4. The molecule has 1 unspecified atom stereocenters. The highest BCUT2D eigenvalue weighted by Crippen LogP contribution is 2.31. The van der Waals surface area contributed by atoms with Crippen LogP contribution < -0.4 is 25.6 Å². The minimum absolute atomic E-state index is 0.114. The number of ether oxygens (including phenoxy) is 1. The zero-order valence-electron chi connectivity index (χ0n) is 18.3. The molecule has 7 nitrogen and oxygen atoms in total. The fraction of sp³-hybridized carbons (Fsp3) is 0.391. The van der Waals surface area contributed by atoms with Gasteiger partial charge in [-0.1, -0.05) is 24.3 Å². The smallest absolute Gasteiger partial charge is 0.387 e. The van der Waals surface area contributed by atoms with Crippen molar-refractivity contribution in [2.75, 3.05) is 31.6 Å². The van der Waals surface area contributed by atoms with E-state index < -0.39 is 6.61 Å². The predicted molar refractivity (Wildman–Crippen MR) is 121 cm³/mol. The monoisotopic (exact) mass is 445 g/mol. The molecular formula is C23H29F2N5O2. The number of guanidine groups is 1. The van der Waals surface area contributed by atoms with Crippen LogP contribution in [0.3, 0.4) is 0 Å². The van der Waals surface area contributed by atoms with Crippen LogP contribution in [0.5, 0.6) is 5.75 Å². The molecule has 0 spiro atoms. The Hall–Kier alpha value is -3.36. The van der Waals surface area contributed by atoms with Gasteiger partial charge in [-0.2, -0.15) is 8.78 Å². The molecule has 1 heterocycles. The summed E-state index contributed by atoms with van der Waals surface area (Å²) < 4.78 is 30.1. The van der Waals surface area contributed by atoms with E-state index in [1.54, 1.807) is 37.4 Å². The van der Waals surface area contributed by atoms with E-state index in [1.165, 1.54) is 0 Å². The molecule has 1 fully saturated rings. The number of hydrogen-bond donors (Lipinski definition) is 3. The zero-order valence-corrected chi connectivity index (χ0v) is 18.3. The second-order valence-corrected chi connectivity index (χ2v) is 7.39. The van der Waals surface area contributed by atoms with Gasteiger partial charge in [-0.3, -0.25) is 4.79 Å². The molecule has 3 rings (SSSR count). The fourth-order valence-corrected chi connectivity index (χ4v) is 3.60. The number of aliphatic imine (C=N–C) groups is 1. The molecule has 1 aliphatic heterocycles. The van der Waals surface area contributed by atoms with Crippen LogP contribution in [0.4, 0.5) is 14.5 Å². The number of benzene rings is 2. The SMILES string of the molecule is CCNC(=NCc1ccc(C(=O)NC)cc1)NC1CCN(c2ccccc2OC(F)F)C1. The Bertz CT molecular complexity index is 921. The Morgan fingerprint density at radius 1 is 1.22 bits per heavy atom. The van der Waals surface area contributed by atoms with Crippen molar-refractivity contribution in [1.29, 1.82) is 0 Å². The lowest BCUT2D eigenvalue weighted by Gasteiger charge is -2.22. The van der Waals surface area contributed by atoms with Crippen molar-refractivity contribution in [1.82, 2.24) is 16.0 Å². The van der Waals surface area contributed by atoms with Crippen molar-refractivity contribution in [3.8, 4) is 5.75 Å². The van der Waals surface area contributed by atoms with Gasteiger partial charge in [-0.05, 0) is 43.2 Å². The third-order valence-corrected chi connectivity index (χ3v) is 5.16. The van der Waals surface area contributed by atoms with Crippen molar-refractivity contribution in [3.05, 3.63) is 59.7 Å². The number of halogens is 2. The maximum atomic E-state index is 12.7. The van der Waals surface area contributed by atoms with E-state index in [0.29, 0.717) is 36.8 Å². The minimum atomic E-state index is -2.86. The lowest BCUT2D eigenvalue weighted by atomic mass is 10.1. The molecule has 0 radical (unpaired) electrons. The molecule has 0 aromatic heterocycles. The van der Waals surface area contributed by atoms with Crippen LogP contribution in [-0.2, 0) is 6.54 Å². The van der Waals surface area contributed by atoms with E-state index in [0.717, 1.165) is 18.5 Å². The molecule has 0 aliphatic carbocycles. The van der Waals surface area contributed by atoms with Crippen LogP contribution in [-0.4, -0.2) is 51.2 Å². The first-order valence-electron chi connectivity index (χ1n) is 10.6. The summed E-state index contributed by atoms with van der Waals surface area (Å²) >= 11 is 0. The van der Waals surface area contributed by atoms with Gasteiger partial charge in [-0.15, -0.1) is 0 Å². The first-order chi connectivity index (χ1) is 15.5. The molecule has 32 heavy (non-hydrogen) atoms. The van der Waals surface area contributed by atoms with Crippen molar-refractivity contribution in [2.45, 2.75) is 32.5 Å². The number of amides is 1. The van der Waals surface area contributed by atoms with Crippen LogP contribution in [0, 0.1) is 0 Å². The minimum Gasteiger partial charge on any atom is -0.433 e. The summed E-state index contributed by atoms with van der Waals surface area (Å²) in [6.45, 7) is 1.68. The van der Waals surface area contributed by atoms with Crippen molar-refractivity contribution in [3.63, 3.8) is 0 Å². The van der Waals surface area contributed by atoms with Gasteiger partial charge in [0.05, 0.1) is 12.2 Å². The Morgan fingerprint density at radius 2 is 1.97 bits per heavy atom. The number of carbonyl (C=O) groups excluding carboxylic acids is 1. The fourth-order valence-electron chi connectivity index (χ4n) is 3.60. The number of anilines is 1. The van der Waals surface area contributed by atoms with E-state index in [1.807, 2.05) is 30.0 Å². The molecule has 0 bridgehead atoms. The third-order valence-electron chi connectivity index (χ3n) is 5.16. The number of alkyl halides is 2. The standard InChI is InChI=1S/C23H29F2N5O2/c1-3-27-23(28-14-16-8-10-17(11-9-16)21(31)26-2)29-18-12-13-30(15-18)19-6-4-5-7-20(19)32-22(24)25/h4-11,18,22H,3,12-15H2,1-2H3,(H,26,31)(H2,27,28,29). The van der Waals surface area contributed by atoms with Crippen LogP contribution in [0.15, 0.2) is 53.5 Å². The van der Waals surface area contributed by atoms with Gasteiger partial charge in [0.2, 0.25) is 0 Å². The average molecular weight is 446 g/mol. The molecule has 1 aliphatic rings. The first kappa shape index (κ1) is 23.3. The second-order valence-electron chi connectivity index (χ2n) is 7.39. The molecule has 3 N–H and O–H groups in total. The van der Waals surface area contributed by atoms with E-state index in [4.69, 9.17) is 0 Å². The Labute approximate surface area is 186 Å². The van der Waals surface area contributed by atoms with Gasteiger partial charge in [-0.25, -0.2) is 4.99 Å². The van der Waals surface area contributed by atoms with Crippen molar-refractivity contribution < 1.29 is 18.3 Å². The summed E-state index contributed by atoms with van der Waals surface area (Å²) in [7, 11) is 1.60. The summed E-state index contributed by atoms with van der Waals surface area (Å²) in [6, 6.07) is 14.3. The van der Waals surface area contributed by atoms with E-state index in [-0.39, 0.29) is 17.7 Å². The lowest BCUT2D eigenvalue weighted by Crippen LogP contribution is -2.44. The largest absolute Gasteiger partial charge is 0.433 e. The van der Waals surface area contributed by atoms with Gasteiger partial charge in [0.25, 0.3) is 5.91 Å². The van der Waals surface area contributed by atoms with Gasteiger partial charge < -0.3 is 25.6 Å². The quantitative estimate of drug-likeness (QED) is 0.430. The Balaban J connectivity index is 1.61. The Morgan fingerprint density at radius 3 is 2.66 bits per heavy atom. The van der Waals surface area contributed by atoms with E-state index >= 15 is 0 Å². The molecule has 1 amide bonds. The molecule has 2 aromatic carbocycles. The molecule has 9 heteroatoms. The van der Waals surface area contributed by atoms with Crippen LogP contribution >= 0.6 is 0 Å². The van der Waals surface area contributed by atoms with Gasteiger partial charge >= 0.3 is 6.61 Å². The summed E-state index contributed by atoms with van der Waals surface area (Å²) in [5, 5.41) is 9.27. The van der Waals surface area contributed by atoms with E-state index in [2.05, 4.69) is 25.7 Å². The number of para-hydroxylation sites is 2. The number of nitrogens with one attached hydrogen (secondary N) is 3. The first-order valence-corrected chi connectivity index (χ1v) is 10.6.